The molecule has 0 saturated carbocycles. The molecule has 0 aromatic rings. The van der Waals surface area contributed by atoms with Crippen molar-refractivity contribution in [3.8, 4) is 0 Å². The first-order chi connectivity index (χ1) is 7.74. The maximum atomic E-state index is 11.1. The van der Waals surface area contributed by atoms with E-state index in [0.717, 1.165) is 19.1 Å². The highest BCUT2D eigenvalue weighted by Crippen LogP contribution is 2.37. The molecule has 0 N–H and O–H groups in total. The molecule has 0 rings (SSSR count). The van der Waals surface area contributed by atoms with Gasteiger partial charge >= 0.3 is 0 Å². The second-order valence-corrected chi connectivity index (χ2v) is 11.2. The summed E-state index contributed by atoms with van der Waals surface area (Å²) in [5.41, 5.74) is 0. The van der Waals surface area contributed by atoms with Crippen LogP contribution < -0.4 is 0 Å². The molecule has 1 atom stereocenters. The fraction of sp³-hybridized carbons (Fsp3) is 0.929. The summed E-state index contributed by atoms with van der Waals surface area (Å²) in [4.78, 5) is 11.1. The Labute approximate surface area is 108 Å². The van der Waals surface area contributed by atoms with E-state index in [1.165, 1.54) is 19.3 Å². The summed E-state index contributed by atoms with van der Waals surface area (Å²) in [7, 11) is -1.79. The minimum absolute atomic E-state index is 0.178. The van der Waals surface area contributed by atoms with Gasteiger partial charge in [-0.2, -0.15) is 0 Å². The highest BCUT2D eigenvalue weighted by atomic mass is 28.4. The number of unbranched alkanes of at least 4 members (excludes halogenated alkanes) is 3. The highest BCUT2D eigenvalue weighted by Gasteiger charge is 2.38. The third-order valence-corrected chi connectivity index (χ3v) is 8.25. The van der Waals surface area contributed by atoms with Gasteiger partial charge in [0.2, 0.25) is 0 Å². The summed E-state index contributed by atoms with van der Waals surface area (Å²) in [6.45, 7) is 13.2. The van der Waals surface area contributed by atoms with Crippen LogP contribution >= 0.6 is 0 Å². The number of carbonyl (C=O) groups is 1. The molecule has 0 spiro atoms. The first-order valence-electron chi connectivity index (χ1n) is 6.87. The Bertz CT molecular complexity index is 219. The SMILES string of the molecule is CCCCCCC(C=O)O[Si](C)(C)C(C)(C)C. The summed E-state index contributed by atoms with van der Waals surface area (Å²) in [5, 5.41) is 0.178. The molecule has 0 bridgehead atoms. The lowest BCUT2D eigenvalue weighted by atomic mass is 10.1. The van der Waals surface area contributed by atoms with E-state index >= 15 is 0 Å². The second kappa shape index (κ2) is 7.32. The van der Waals surface area contributed by atoms with Gasteiger partial charge in [-0.15, -0.1) is 0 Å². The molecule has 0 aliphatic heterocycles. The van der Waals surface area contributed by atoms with E-state index in [2.05, 4.69) is 40.8 Å². The Morgan fingerprint density at radius 1 is 1.18 bits per heavy atom. The molecule has 0 aliphatic rings. The third kappa shape index (κ3) is 6.37. The largest absolute Gasteiger partial charge is 0.407 e. The lowest BCUT2D eigenvalue weighted by Crippen LogP contribution is -2.44. The number of hydrogen-bond donors (Lipinski definition) is 0. The van der Waals surface area contributed by atoms with Crippen LogP contribution in [0.5, 0.6) is 0 Å². The van der Waals surface area contributed by atoms with Crippen molar-refractivity contribution in [3.63, 3.8) is 0 Å². The van der Waals surface area contributed by atoms with Gasteiger partial charge in [-0.3, -0.25) is 0 Å². The predicted octanol–water partition coefficient (Wildman–Crippen LogP) is 4.55. The highest BCUT2D eigenvalue weighted by molar-refractivity contribution is 6.74. The Hall–Kier alpha value is -0.153. The van der Waals surface area contributed by atoms with Crippen LogP contribution in [0.3, 0.4) is 0 Å². The number of rotatable bonds is 8. The van der Waals surface area contributed by atoms with Crippen LogP contribution in [-0.4, -0.2) is 20.7 Å². The van der Waals surface area contributed by atoms with Gasteiger partial charge < -0.3 is 9.22 Å². The Kier molecular flexibility index (Phi) is 7.25. The van der Waals surface area contributed by atoms with Crippen molar-refractivity contribution in [2.75, 3.05) is 0 Å². The molecular weight excluding hydrogens is 228 g/mol. The zero-order valence-electron chi connectivity index (χ0n) is 12.5. The summed E-state index contributed by atoms with van der Waals surface area (Å²) >= 11 is 0. The van der Waals surface area contributed by atoms with Crippen molar-refractivity contribution >= 4 is 14.6 Å². The maximum absolute atomic E-state index is 11.1. The molecule has 0 aliphatic carbocycles. The summed E-state index contributed by atoms with van der Waals surface area (Å²) in [6.07, 6.45) is 6.49. The van der Waals surface area contributed by atoms with Crippen LogP contribution in [0.15, 0.2) is 0 Å². The average Bonchev–Trinajstić information content (AvgIpc) is 2.20. The molecule has 0 fully saturated rings. The topological polar surface area (TPSA) is 26.3 Å². The van der Waals surface area contributed by atoms with Crippen molar-refractivity contribution in [1.82, 2.24) is 0 Å². The Balaban J connectivity index is 4.17. The lowest BCUT2D eigenvalue weighted by molar-refractivity contribution is -0.114. The smallest absolute Gasteiger partial charge is 0.193 e. The van der Waals surface area contributed by atoms with E-state index in [0.29, 0.717) is 0 Å². The van der Waals surface area contributed by atoms with Crippen LogP contribution in [0.2, 0.25) is 18.1 Å². The first-order valence-corrected chi connectivity index (χ1v) is 9.78. The molecule has 17 heavy (non-hydrogen) atoms. The van der Waals surface area contributed by atoms with Crippen molar-refractivity contribution in [2.24, 2.45) is 0 Å². The van der Waals surface area contributed by atoms with Crippen LogP contribution in [0.1, 0.15) is 59.8 Å². The molecule has 0 aromatic carbocycles. The minimum Gasteiger partial charge on any atom is -0.407 e. The molecule has 0 heterocycles. The average molecular weight is 258 g/mol. The van der Waals surface area contributed by atoms with E-state index < -0.39 is 8.32 Å². The minimum atomic E-state index is -1.79. The molecule has 0 amide bonds. The van der Waals surface area contributed by atoms with Gasteiger partial charge in [-0.05, 0) is 24.6 Å². The van der Waals surface area contributed by atoms with Gasteiger partial charge in [-0.25, -0.2) is 0 Å². The Morgan fingerprint density at radius 3 is 2.18 bits per heavy atom. The molecule has 0 aromatic heterocycles. The summed E-state index contributed by atoms with van der Waals surface area (Å²) < 4.78 is 6.10. The van der Waals surface area contributed by atoms with E-state index in [9.17, 15) is 4.79 Å². The summed E-state index contributed by atoms with van der Waals surface area (Å²) in [5.74, 6) is 0. The van der Waals surface area contributed by atoms with Gasteiger partial charge in [0.1, 0.15) is 12.4 Å². The normalized spacial score (nSPS) is 14.7. The van der Waals surface area contributed by atoms with Crippen LogP contribution in [0.4, 0.5) is 0 Å². The van der Waals surface area contributed by atoms with Crippen molar-refractivity contribution < 1.29 is 9.22 Å². The van der Waals surface area contributed by atoms with Gasteiger partial charge in [0.05, 0.1) is 0 Å². The van der Waals surface area contributed by atoms with Crippen LogP contribution in [-0.2, 0) is 9.22 Å². The fourth-order valence-electron chi connectivity index (χ4n) is 1.48. The van der Waals surface area contributed by atoms with Crippen LogP contribution in [0.25, 0.3) is 0 Å². The zero-order valence-corrected chi connectivity index (χ0v) is 13.5. The van der Waals surface area contributed by atoms with Gasteiger partial charge in [0.25, 0.3) is 0 Å². The van der Waals surface area contributed by atoms with Crippen molar-refractivity contribution in [3.05, 3.63) is 0 Å². The van der Waals surface area contributed by atoms with Gasteiger partial charge in [0.15, 0.2) is 8.32 Å². The molecule has 0 saturated heterocycles. The molecule has 102 valence electrons. The first kappa shape index (κ1) is 16.8. The molecular formula is C14H30O2Si. The molecule has 1 unspecified atom stereocenters. The van der Waals surface area contributed by atoms with E-state index in [1.54, 1.807) is 0 Å². The number of carbonyl (C=O) groups excluding carboxylic acids is 1. The second-order valence-electron chi connectivity index (χ2n) is 6.40. The van der Waals surface area contributed by atoms with Crippen LogP contribution in [0, 0.1) is 0 Å². The molecule has 2 nitrogen and oxygen atoms in total. The predicted molar refractivity (Wildman–Crippen MR) is 76.9 cm³/mol. The van der Waals surface area contributed by atoms with E-state index in [4.69, 9.17) is 4.43 Å². The number of hydrogen-bond acceptors (Lipinski definition) is 2. The lowest BCUT2D eigenvalue weighted by Gasteiger charge is -2.38. The van der Waals surface area contributed by atoms with E-state index in [1.807, 2.05) is 0 Å². The van der Waals surface area contributed by atoms with Crippen molar-refractivity contribution in [2.45, 2.75) is 84.0 Å². The van der Waals surface area contributed by atoms with Gasteiger partial charge in [0, 0.05) is 0 Å². The third-order valence-electron chi connectivity index (χ3n) is 3.75. The molecule has 0 radical (unpaired) electrons. The summed E-state index contributed by atoms with van der Waals surface area (Å²) in [6, 6.07) is 0. The van der Waals surface area contributed by atoms with Gasteiger partial charge in [-0.1, -0.05) is 53.4 Å². The fourth-order valence-corrected chi connectivity index (χ4v) is 2.77. The zero-order chi connectivity index (χ0) is 13.5. The monoisotopic (exact) mass is 258 g/mol. The number of aldehydes is 1. The standard InChI is InChI=1S/C14H30O2Si/c1-7-8-9-10-11-13(12-15)16-17(5,6)14(2,3)4/h12-13H,7-11H2,1-6H3. The Morgan fingerprint density at radius 2 is 1.76 bits per heavy atom. The molecule has 3 heteroatoms. The van der Waals surface area contributed by atoms with E-state index in [-0.39, 0.29) is 11.1 Å². The quantitative estimate of drug-likeness (QED) is 0.363. The van der Waals surface area contributed by atoms with Crippen molar-refractivity contribution in [1.29, 1.82) is 0 Å². The maximum Gasteiger partial charge on any atom is 0.193 e.